The molecule has 33 heavy (non-hydrogen) atoms. The molecule has 176 valence electrons. The second-order valence-electron chi connectivity index (χ2n) is 8.96. The highest BCUT2D eigenvalue weighted by Crippen LogP contribution is 2.39. The van der Waals surface area contributed by atoms with Gasteiger partial charge in [-0.3, -0.25) is 0 Å². The van der Waals surface area contributed by atoms with E-state index < -0.39 is 27.7 Å². The summed E-state index contributed by atoms with van der Waals surface area (Å²) in [5.74, 6) is 0. The van der Waals surface area contributed by atoms with E-state index in [9.17, 15) is 17.2 Å². The molecule has 0 radical (unpaired) electrons. The average Bonchev–Trinajstić information content (AvgIpc) is 3.33. The lowest BCUT2D eigenvalue weighted by atomic mass is 10.1. The molecule has 0 spiro atoms. The third kappa shape index (κ3) is 4.30. The second-order valence-corrected chi connectivity index (χ2v) is 10.6. The van der Waals surface area contributed by atoms with Crippen LogP contribution in [0.25, 0.3) is 22.4 Å². The van der Waals surface area contributed by atoms with Gasteiger partial charge in [-0.05, 0) is 51.0 Å². The van der Waals surface area contributed by atoms with Crippen LogP contribution in [0.4, 0.5) is 14.5 Å². The minimum Gasteiger partial charge on any atom is -0.366 e. The second kappa shape index (κ2) is 7.96. The van der Waals surface area contributed by atoms with Crippen LogP contribution in [0.1, 0.15) is 38.8 Å². The van der Waals surface area contributed by atoms with Crippen molar-refractivity contribution in [3.8, 4) is 11.4 Å². The predicted molar refractivity (Wildman–Crippen MR) is 118 cm³/mol. The van der Waals surface area contributed by atoms with E-state index in [1.54, 1.807) is 6.07 Å². The maximum Gasteiger partial charge on any atom is 0.282 e. The molecule has 2 aromatic heterocycles. The van der Waals surface area contributed by atoms with Crippen molar-refractivity contribution in [1.82, 2.24) is 25.4 Å². The van der Waals surface area contributed by atoms with Gasteiger partial charge in [0.1, 0.15) is 17.1 Å². The van der Waals surface area contributed by atoms with Crippen LogP contribution < -0.4 is 14.9 Å². The Morgan fingerprint density at radius 1 is 1.27 bits per heavy atom. The van der Waals surface area contributed by atoms with Gasteiger partial charge in [-0.1, -0.05) is 5.16 Å². The van der Waals surface area contributed by atoms with E-state index >= 15 is 0 Å². The zero-order valence-electron chi connectivity index (χ0n) is 18.2. The van der Waals surface area contributed by atoms with Crippen LogP contribution in [0.2, 0.25) is 0 Å². The SMILES string of the molecule is C[C@H]1CN(c2cc(S(=O)(=O)NC3(C)CC3)cc3c(-c4ccc(C(F)F)nn4)noc23)CCN1. The number of rotatable bonds is 6. The molecule has 3 aromatic rings. The number of halogens is 2. The van der Waals surface area contributed by atoms with Gasteiger partial charge in [0.25, 0.3) is 6.43 Å². The lowest BCUT2D eigenvalue weighted by Crippen LogP contribution is -2.49. The molecule has 2 fully saturated rings. The Morgan fingerprint density at radius 3 is 2.70 bits per heavy atom. The van der Waals surface area contributed by atoms with Crippen LogP contribution in [0.5, 0.6) is 0 Å². The summed E-state index contributed by atoms with van der Waals surface area (Å²) in [6.45, 7) is 5.96. The standard InChI is InChI=1S/C21H24F2N6O3S/c1-12-11-29(8-7-24-12)17-10-13(33(30,31)28-21(2)5-6-21)9-14-18(27-32-19(14)17)15-3-4-16(20(22)23)26-25-15/h3-4,9-10,12,20,24,28H,5-8,11H2,1-2H3/t12-/m0/s1. The van der Waals surface area contributed by atoms with Crippen LogP contribution in [0.3, 0.4) is 0 Å². The van der Waals surface area contributed by atoms with E-state index in [-0.39, 0.29) is 22.3 Å². The van der Waals surface area contributed by atoms with Crippen molar-refractivity contribution < 1.29 is 21.7 Å². The maximum atomic E-state index is 13.2. The number of fused-ring (bicyclic) bond motifs is 1. The largest absolute Gasteiger partial charge is 0.366 e. The van der Waals surface area contributed by atoms with Crippen molar-refractivity contribution in [2.45, 2.75) is 49.6 Å². The highest BCUT2D eigenvalue weighted by atomic mass is 32.2. The molecular formula is C21H24F2N6O3S. The molecule has 1 saturated heterocycles. The summed E-state index contributed by atoms with van der Waals surface area (Å²) in [7, 11) is -3.81. The number of alkyl halides is 2. The molecule has 2 N–H and O–H groups in total. The van der Waals surface area contributed by atoms with Crippen molar-refractivity contribution >= 4 is 26.7 Å². The number of sulfonamides is 1. The van der Waals surface area contributed by atoms with E-state index in [0.29, 0.717) is 29.7 Å². The third-order valence-corrected chi connectivity index (χ3v) is 7.70. The van der Waals surface area contributed by atoms with E-state index in [0.717, 1.165) is 19.4 Å². The van der Waals surface area contributed by atoms with Crippen molar-refractivity contribution in [3.05, 3.63) is 30.0 Å². The summed E-state index contributed by atoms with van der Waals surface area (Å²) in [5, 5.41) is 15.3. The molecule has 1 atom stereocenters. The minimum atomic E-state index is -3.81. The summed E-state index contributed by atoms with van der Waals surface area (Å²) in [6, 6.07) is 5.85. The number of nitrogens with one attached hydrogen (secondary N) is 2. The van der Waals surface area contributed by atoms with Gasteiger partial charge in [0.2, 0.25) is 10.0 Å². The molecule has 12 heteroatoms. The van der Waals surface area contributed by atoms with Gasteiger partial charge in [-0.15, -0.1) is 10.2 Å². The molecule has 5 rings (SSSR count). The lowest BCUT2D eigenvalue weighted by molar-refractivity contribution is 0.145. The Morgan fingerprint density at radius 2 is 2.06 bits per heavy atom. The highest BCUT2D eigenvalue weighted by Gasteiger charge is 2.41. The Hall–Kier alpha value is -2.70. The first kappa shape index (κ1) is 22.1. The molecule has 2 aliphatic rings. The number of nitrogens with zero attached hydrogens (tertiary/aromatic N) is 4. The first-order valence-corrected chi connectivity index (χ1v) is 12.2. The first-order chi connectivity index (χ1) is 15.7. The van der Waals surface area contributed by atoms with Crippen LogP contribution >= 0.6 is 0 Å². The molecular weight excluding hydrogens is 454 g/mol. The average molecular weight is 479 g/mol. The summed E-state index contributed by atoms with van der Waals surface area (Å²) >= 11 is 0. The van der Waals surface area contributed by atoms with Crippen LogP contribution in [-0.4, -0.2) is 55.0 Å². The molecule has 0 amide bonds. The maximum absolute atomic E-state index is 13.2. The van der Waals surface area contributed by atoms with E-state index in [1.165, 1.54) is 18.2 Å². The minimum absolute atomic E-state index is 0.0888. The summed E-state index contributed by atoms with van der Waals surface area (Å²) < 4.78 is 60.6. The van der Waals surface area contributed by atoms with E-state index in [4.69, 9.17) is 4.52 Å². The third-order valence-electron chi connectivity index (χ3n) is 6.08. The van der Waals surface area contributed by atoms with E-state index in [2.05, 4.69) is 30.3 Å². The fraction of sp³-hybridized carbons (Fsp3) is 0.476. The first-order valence-electron chi connectivity index (χ1n) is 10.7. The molecule has 1 aliphatic carbocycles. The zero-order chi connectivity index (χ0) is 23.4. The molecule has 9 nitrogen and oxygen atoms in total. The molecule has 3 heterocycles. The molecule has 1 saturated carbocycles. The Kier molecular flexibility index (Phi) is 5.33. The summed E-state index contributed by atoms with van der Waals surface area (Å²) in [4.78, 5) is 2.15. The monoisotopic (exact) mass is 478 g/mol. The molecule has 1 aliphatic heterocycles. The number of aromatic nitrogens is 3. The fourth-order valence-electron chi connectivity index (χ4n) is 3.98. The van der Waals surface area contributed by atoms with Gasteiger partial charge in [0, 0.05) is 31.2 Å². The molecule has 0 unspecified atom stereocenters. The number of benzene rings is 1. The number of hydrogen-bond acceptors (Lipinski definition) is 8. The normalized spacial score (nSPS) is 20.5. The van der Waals surface area contributed by atoms with Gasteiger partial charge in [-0.25, -0.2) is 21.9 Å². The lowest BCUT2D eigenvalue weighted by Gasteiger charge is -2.33. The molecule has 0 bridgehead atoms. The van der Waals surface area contributed by atoms with Gasteiger partial charge < -0.3 is 14.7 Å². The Bertz CT molecular complexity index is 1290. The van der Waals surface area contributed by atoms with Gasteiger partial charge in [0.15, 0.2) is 5.58 Å². The summed E-state index contributed by atoms with van der Waals surface area (Å²) in [5.41, 5.74) is 0.596. The van der Waals surface area contributed by atoms with Crippen molar-refractivity contribution in [1.29, 1.82) is 0 Å². The van der Waals surface area contributed by atoms with E-state index in [1.807, 2.05) is 13.8 Å². The topological polar surface area (TPSA) is 113 Å². The Labute approximate surface area is 189 Å². The van der Waals surface area contributed by atoms with Crippen LogP contribution in [0, 0.1) is 0 Å². The van der Waals surface area contributed by atoms with Crippen molar-refractivity contribution in [2.75, 3.05) is 24.5 Å². The predicted octanol–water partition coefficient (Wildman–Crippen LogP) is 2.85. The molecule has 1 aromatic carbocycles. The quantitative estimate of drug-likeness (QED) is 0.556. The van der Waals surface area contributed by atoms with Crippen molar-refractivity contribution in [3.63, 3.8) is 0 Å². The van der Waals surface area contributed by atoms with Gasteiger partial charge in [-0.2, -0.15) is 0 Å². The highest BCUT2D eigenvalue weighted by molar-refractivity contribution is 7.89. The summed E-state index contributed by atoms with van der Waals surface area (Å²) in [6.07, 6.45) is -1.18. The zero-order valence-corrected chi connectivity index (χ0v) is 19.0. The smallest absolute Gasteiger partial charge is 0.282 e. The van der Waals surface area contributed by atoms with Gasteiger partial charge in [0.05, 0.1) is 16.0 Å². The van der Waals surface area contributed by atoms with Crippen LogP contribution in [-0.2, 0) is 10.0 Å². The fourth-order valence-corrected chi connectivity index (χ4v) is 5.49. The number of anilines is 1. The number of hydrogen-bond donors (Lipinski definition) is 2. The van der Waals surface area contributed by atoms with Crippen molar-refractivity contribution in [2.24, 2.45) is 0 Å². The number of piperazine rings is 1. The van der Waals surface area contributed by atoms with Gasteiger partial charge >= 0.3 is 0 Å². The van der Waals surface area contributed by atoms with Crippen LogP contribution in [0.15, 0.2) is 33.7 Å². The Balaban J connectivity index is 1.65.